The van der Waals surface area contributed by atoms with Gasteiger partial charge in [-0.2, -0.15) is 5.48 Å². The molecule has 5 fully saturated rings. The van der Waals surface area contributed by atoms with E-state index in [1.165, 1.54) is 0 Å². The molecule has 4 aliphatic carbocycles. The van der Waals surface area contributed by atoms with E-state index in [0.29, 0.717) is 44.7 Å². The maximum Gasteiger partial charge on any atom is 0.246 e. The van der Waals surface area contributed by atoms with Crippen molar-refractivity contribution in [3.05, 3.63) is 0 Å². The smallest absolute Gasteiger partial charge is 0.246 e. The van der Waals surface area contributed by atoms with Gasteiger partial charge in [-0.25, -0.2) is 4.39 Å². The summed E-state index contributed by atoms with van der Waals surface area (Å²) < 4.78 is 19.2. The molecule has 5 aliphatic rings. The second-order valence-electron chi connectivity index (χ2n) is 9.71. The number of nitrogens with one attached hydrogen (secondary N) is 3. The summed E-state index contributed by atoms with van der Waals surface area (Å²) in [7, 11) is 0. The lowest BCUT2D eigenvalue weighted by Gasteiger charge is -2.69. The fourth-order valence-corrected chi connectivity index (χ4v) is 5.76. The molecular formula is C21H33ClFN3O4. The third-order valence-electron chi connectivity index (χ3n) is 7.09. The number of carbonyl (C=O) groups is 2. The molecule has 0 spiro atoms. The van der Waals surface area contributed by atoms with Gasteiger partial charge in [-0.1, -0.05) is 13.3 Å². The van der Waals surface area contributed by atoms with Crippen molar-refractivity contribution in [3.8, 4) is 0 Å². The molecule has 2 amide bonds. The minimum Gasteiger partial charge on any atom is -0.368 e. The third-order valence-corrected chi connectivity index (χ3v) is 7.58. The molecule has 7 nitrogen and oxygen atoms in total. The van der Waals surface area contributed by atoms with Crippen molar-refractivity contribution in [2.75, 3.05) is 13.2 Å². The monoisotopic (exact) mass is 445 g/mol. The van der Waals surface area contributed by atoms with Crippen LogP contribution in [0.15, 0.2) is 0 Å². The molecule has 2 bridgehead atoms. The zero-order valence-corrected chi connectivity index (χ0v) is 18.3. The summed E-state index contributed by atoms with van der Waals surface area (Å²) >= 11 is 5.88. The van der Waals surface area contributed by atoms with Crippen LogP contribution in [0, 0.1) is 5.41 Å². The standard InChI is InChI=1S/C21H33ClFN3O4/c1-2-3-13-6-15(30-26-13)8-24-19(28)20-10-21(11-20,12-20)25-18(27)9-29-14-4-5-16(22)17(23)7-14/h13-17,26H,2-12H2,1H3,(H,24,28)(H,25,27). The molecule has 1 aliphatic heterocycles. The van der Waals surface area contributed by atoms with Gasteiger partial charge in [0.1, 0.15) is 12.8 Å². The summed E-state index contributed by atoms with van der Waals surface area (Å²) in [5.41, 5.74) is 2.42. The number of ether oxygens (including phenoxy) is 1. The summed E-state index contributed by atoms with van der Waals surface area (Å²) in [5, 5.41) is 5.59. The average Bonchev–Trinajstić information content (AvgIpc) is 3.10. The maximum absolute atomic E-state index is 13.7. The third kappa shape index (κ3) is 4.61. The molecule has 1 heterocycles. The van der Waals surface area contributed by atoms with Crippen LogP contribution in [0.1, 0.15) is 64.7 Å². The predicted octanol–water partition coefficient (Wildman–Crippen LogP) is 2.12. The van der Waals surface area contributed by atoms with Crippen molar-refractivity contribution in [2.45, 2.75) is 100 Å². The highest BCUT2D eigenvalue weighted by Crippen LogP contribution is 2.67. The lowest BCUT2D eigenvalue weighted by Crippen LogP contribution is -2.78. The Hall–Kier alpha value is -0.960. The molecule has 1 saturated heterocycles. The van der Waals surface area contributed by atoms with Crippen molar-refractivity contribution in [3.63, 3.8) is 0 Å². The number of hydroxylamine groups is 1. The van der Waals surface area contributed by atoms with Gasteiger partial charge >= 0.3 is 0 Å². The number of hydrogen-bond donors (Lipinski definition) is 3. The summed E-state index contributed by atoms with van der Waals surface area (Å²) in [5.74, 6) is -0.135. The molecule has 9 heteroatoms. The van der Waals surface area contributed by atoms with E-state index in [4.69, 9.17) is 21.2 Å². The second kappa shape index (κ2) is 8.88. The van der Waals surface area contributed by atoms with Gasteiger partial charge in [-0.3, -0.25) is 14.4 Å². The fraction of sp³-hybridized carbons (Fsp3) is 0.905. The minimum atomic E-state index is -1.08. The van der Waals surface area contributed by atoms with Crippen molar-refractivity contribution in [1.29, 1.82) is 0 Å². The average molecular weight is 446 g/mol. The number of rotatable bonds is 9. The van der Waals surface area contributed by atoms with Crippen LogP contribution in [-0.4, -0.2) is 60.3 Å². The predicted molar refractivity (Wildman–Crippen MR) is 110 cm³/mol. The van der Waals surface area contributed by atoms with Crippen molar-refractivity contribution in [1.82, 2.24) is 16.1 Å². The first kappa shape index (κ1) is 22.2. The highest BCUT2D eigenvalue weighted by atomic mass is 35.5. The van der Waals surface area contributed by atoms with Gasteiger partial charge in [0.25, 0.3) is 0 Å². The van der Waals surface area contributed by atoms with Crippen LogP contribution in [0.25, 0.3) is 0 Å². The molecule has 5 unspecified atom stereocenters. The van der Waals surface area contributed by atoms with E-state index in [1.807, 2.05) is 0 Å². The van der Waals surface area contributed by atoms with Gasteiger partial charge < -0.3 is 15.4 Å². The summed E-state index contributed by atoms with van der Waals surface area (Å²) in [6.07, 6.45) is 5.27. The van der Waals surface area contributed by atoms with Crippen LogP contribution >= 0.6 is 11.6 Å². The molecule has 0 radical (unpaired) electrons. The SMILES string of the molecule is CCCC1CC(CNC(=O)C23CC(NC(=O)COC4CCC(Cl)C(F)C4)(C2)C3)ON1. The van der Waals surface area contributed by atoms with Gasteiger partial charge in [0, 0.05) is 24.5 Å². The van der Waals surface area contributed by atoms with E-state index >= 15 is 0 Å². The van der Waals surface area contributed by atoms with Gasteiger partial charge in [-0.05, 0) is 44.9 Å². The molecule has 4 saturated carbocycles. The van der Waals surface area contributed by atoms with Gasteiger partial charge in [0.05, 0.1) is 23.0 Å². The number of carbonyl (C=O) groups excluding carboxylic acids is 2. The maximum atomic E-state index is 13.7. The first-order valence-electron chi connectivity index (χ1n) is 11.2. The van der Waals surface area contributed by atoms with Crippen LogP contribution in [-0.2, 0) is 19.2 Å². The zero-order chi connectivity index (χ0) is 21.4. The number of hydrogen-bond acceptors (Lipinski definition) is 5. The van der Waals surface area contributed by atoms with E-state index < -0.39 is 11.5 Å². The molecule has 30 heavy (non-hydrogen) atoms. The van der Waals surface area contributed by atoms with Gasteiger partial charge in [-0.15, -0.1) is 11.6 Å². The quantitative estimate of drug-likeness (QED) is 0.473. The van der Waals surface area contributed by atoms with Crippen LogP contribution in [0.5, 0.6) is 0 Å². The minimum absolute atomic E-state index is 0.0152. The topological polar surface area (TPSA) is 88.7 Å². The largest absolute Gasteiger partial charge is 0.368 e. The van der Waals surface area contributed by atoms with Crippen molar-refractivity contribution < 1.29 is 23.6 Å². The Morgan fingerprint density at radius 2 is 2.03 bits per heavy atom. The van der Waals surface area contributed by atoms with Crippen LogP contribution in [0.4, 0.5) is 4.39 Å². The summed E-state index contributed by atoms with van der Waals surface area (Å²) in [6.45, 7) is 2.59. The Bertz CT molecular complexity index is 646. The van der Waals surface area contributed by atoms with Crippen LogP contribution < -0.4 is 16.1 Å². The first-order valence-corrected chi connectivity index (χ1v) is 11.7. The highest BCUT2D eigenvalue weighted by Gasteiger charge is 2.72. The van der Waals surface area contributed by atoms with Gasteiger partial charge in [0.15, 0.2) is 0 Å². The molecule has 0 aromatic carbocycles. The summed E-state index contributed by atoms with van der Waals surface area (Å²) in [6, 6.07) is 0.369. The molecule has 170 valence electrons. The Morgan fingerprint density at radius 3 is 2.73 bits per heavy atom. The normalized spacial score (nSPS) is 42.2. The molecule has 3 N–H and O–H groups in total. The molecule has 5 atom stereocenters. The second-order valence-corrected chi connectivity index (χ2v) is 10.3. The Morgan fingerprint density at radius 1 is 1.27 bits per heavy atom. The Kier molecular flexibility index (Phi) is 6.59. The van der Waals surface area contributed by atoms with Gasteiger partial charge in [0.2, 0.25) is 11.8 Å². The number of amides is 2. The van der Waals surface area contributed by atoms with Crippen molar-refractivity contribution >= 4 is 23.4 Å². The molecule has 5 rings (SSSR count). The summed E-state index contributed by atoms with van der Waals surface area (Å²) in [4.78, 5) is 30.4. The lowest BCUT2D eigenvalue weighted by atomic mass is 9.39. The molecular weight excluding hydrogens is 413 g/mol. The van der Waals surface area contributed by atoms with Crippen LogP contribution in [0.2, 0.25) is 0 Å². The van der Waals surface area contributed by atoms with Crippen LogP contribution in [0.3, 0.4) is 0 Å². The Balaban J connectivity index is 1.12. The zero-order valence-electron chi connectivity index (χ0n) is 17.6. The van der Waals surface area contributed by atoms with E-state index in [0.717, 1.165) is 19.3 Å². The first-order chi connectivity index (χ1) is 14.3. The molecule has 0 aromatic rings. The van der Waals surface area contributed by atoms with E-state index in [-0.39, 0.29) is 48.0 Å². The molecule has 0 aromatic heterocycles. The number of alkyl halides is 2. The lowest BCUT2D eigenvalue weighted by molar-refractivity contribution is -0.185. The highest BCUT2D eigenvalue weighted by molar-refractivity contribution is 6.21. The van der Waals surface area contributed by atoms with E-state index in [1.54, 1.807) is 0 Å². The van der Waals surface area contributed by atoms with Crippen molar-refractivity contribution in [2.24, 2.45) is 5.41 Å². The Labute approximate surface area is 182 Å². The van der Waals surface area contributed by atoms with E-state index in [2.05, 4.69) is 23.0 Å². The number of halogens is 2. The fourth-order valence-electron chi connectivity index (χ4n) is 5.53. The van der Waals surface area contributed by atoms with E-state index in [9.17, 15) is 14.0 Å².